The summed E-state index contributed by atoms with van der Waals surface area (Å²) >= 11 is 0. The van der Waals surface area contributed by atoms with Crippen molar-refractivity contribution in [2.75, 3.05) is 19.7 Å². The van der Waals surface area contributed by atoms with E-state index in [1.807, 2.05) is 25.1 Å². The van der Waals surface area contributed by atoms with Gasteiger partial charge in [0.25, 0.3) is 0 Å². The molecule has 1 saturated heterocycles. The Hall–Kier alpha value is -1.29. The van der Waals surface area contributed by atoms with Gasteiger partial charge in [-0.15, -0.1) is 0 Å². The van der Waals surface area contributed by atoms with E-state index in [1.165, 1.54) is 0 Å². The number of nitrogens with one attached hydrogen (secondary N) is 1. The quantitative estimate of drug-likeness (QED) is 0.840. The standard InChI is InChI=1S/C12H18N2O2/c1-2-15-11-6-3-7-12(14-11)16-10-5-4-8-13-9-10/h3,6-7,10,13H,2,4-5,8-9H2,1H3/t10-/m0/s1. The van der Waals surface area contributed by atoms with Gasteiger partial charge in [0.05, 0.1) is 6.61 Å². The summed E-state index contributed by atoms with van der Waals surface area (Å²) in [5.74, 6) is 1.28. The van der Waals surface area contributed by atoms with E-state index in [0.717, 1.165) is 25.9 Å². The Bertz CT molecular complexity index is 325. The van der Waals surface area contributed by atoms with Crippen LogP contribution in [0.4, 0.5) is 0 Å². The predicted octanol–water partition coefficient (Wildman–Crippen LogP) is 1.61. The largest absolute Gasteiger partial charge is 0.478 e. The summed E-state index contributed by atoms with van der Waals surface area (Å²) in [5.41, 5.74) is 0. The summed E-state index contributed by atoms with van der Waals surface area (Å²) in [6.45, 7) is 4.56. The lowest BCUT2D eigenvalue weighted by atomic mass is 10.1. The third-order valence-corrected chi connectivity index (χ3v) is 2.53. The first-order valence-corrected chi connectivity index (χ1v) is 5.85. The predicted molar refractivity (Wildman–Crippen MR) is 61.9 cm³/mol. The number of aromatic nitrogens is 1. The van der Waals surface area contributed by atoms with Crippen molar-refractivity contribution < 1.29 is 9.47 Å². The number of hydrogen-bond donors (Lipinski definition) is 1. The van der Waals surface area contributed by atoms with E-state index in [0.29, 0.717) is 18.4 Å². The van der Waals surface area contributed by atoms with Crippen LogP contribution in [0.1, 0.15) is 19.8 Å². The monoisotopic (exact) mass is 222 g/mol. The molecule has 88 valence electrons. The van der Waals surface area contributed by atoms with Gasteiger partial charge in [-0.2, -0.15) is 4.98 Å². The molecule has 16 heavy (non-hydrogen) atoms. The number of hydrogen-bond acceptors (Lipinski definition) is 4. The molecule has 4 nitrogen and oxygen atoms in total. The summed E-state index contributed by atoms with van der Waals surface area (Å²) in [4.78, 5) is 4.28. The van der Waals surface area contributed by atoms with Gasteiger partial charge in [-0.1, -0.05) is 6.07 Å². The van der Waals surface area contributed by atoms with Gasteiger partial charge in [-0.05, 0) is 26.3 Å². The number of pyridine rings is 1. The second kappa shape index (κ2) is 5.70. The molecule has 0 radical (unpaired) electrons. The Kier molecular flexibility index (Phi) is 3.99. The third-order valence-electron chi connectivity index (χ3n) is 2.53. The first kappa shape index (κ1) is 11.2. The van der Waals surface area contributed by atoms with E-state index in [2.05, 4.69) is 10.3 Å². The molecule has 1 N–H and O–H groups in total. The van der Waals surface area contributed by atoms with E-state index < -0.39 is 0 Å². The molecule has 1 aliphatic heterocycles. The van der Waals surface area contributed by atoms with Gasteiger partial charge in [0.15, 0.2) is 0 Å². The summed E-state index contributed by atoms with van der Waals surface area (Å²) in [7, 11) is 0. The van der Waals surface area contributed by atoms with Crippen LogP contribution < -0.4 is 14.8 Å². The van der Waals surface area contributed by atoms with Gasteiger partial charge in [0.1, 0.15) is 6.10 Å². The summed E-state index contributed by atoms with van der Waals surface area (Å²) in [5, 5.41) is 3.31. The molecular weight excluding hydrogens is 204 g/mol. The van der Waals surface area contributed by atoms with Gasteiger partial charge in [0.2, 0.25) is 11.8 Å². The van der Waals surface area contributed by atoms with Crippen LogP contribution in [0.25, 0.3) is 0 Å². The molecule has 2 rings (SSSR count). The number of rotatable bonds is 4. The number of ether oxygens (including phenoxy) is 2. The van der Waals surface area contributed by atoms with Gasteiger partial charge >= 0.3 is 0 Å². The van der Waals surface area contributed by atoms with E-state index in [4.69, 9.17) is 9.47 Å². The van der Waals surface area contributed by atoms with Crippen LogP contribution in [-0.2, 0) is 0 Å². The van der Waals surface area contributed by atoms with Gasteiger partial charge in [-0.25, -0.2) is 0 Å². The van der Waals surface area contributed by atoms with Gasteiger partial charge in [0, 0.05) is 18.7 Å². The summed E-state index contributed by atoms with van der Waals surface area (Å²) in [6.07, 6.45) is 2.49. The fraction of sp³-hybridized carbons (Fsp3) is 0.583. The molecule has 0 bridgehead atoms. The second-order valence-corrected chi connectivity index (χ2v) is 3.83. The zero-order chi connectivity index (χ0) is 11.2. The fourth-order valence-electron chi connectivity index (χ4n) is 1.78. The maximum Gasteiger partial charge on any atom is 0.216 e. The topological polar surface area (TPSA) is 43.4 Å². The van der Waals surface area contributed by atoms with Crippen molar-refractivity contribution in [1.29, 1.82) is 0 Å². The highest BCUT2D eigenvalue weighted by atomic mass is 16.5. The van der Waals surface area contributed by atoms with E-state index >= 15 is 0 Å². The van der Waals surface area contributed by atoms with Crippen LogP contribution in [-0.4, -0.2) is 30.8 Å². The van der Waals surface area contributed by atoms with E-state index in [9.17, 15) is 0 Å². The first-order valence-electron chi connectivity index (χ1n) is 5.85. The van der Waals surface area contributed by atoms with Gasteiger partial charge in [-0.3, -0.25) is 0 Å². The summed E-state index contributed by atoms with van der Waals surface area (Å²) < 4.78 is 11.1. The lowest BCUT2D eigenvalue weighted by Crippen LogP contribution is -2.37. The number of nitrogens with zero attached hydrogens (tertiary/aromatic N) is 1. The Morgan fingerprint density at radius 2 is 2.31 bits per heavy atom. The molecule has 0 spiro atoms. The minimum Gasteiger partial charge on any atom is -0.478 e. The van der Waals surface area contributed by atoms with E-state index in [-0.39, 0.29) is 6.10 Å². The van der Waals surface area contributed by atoms with Crippen LogP contribution in [0.2, 0.25) is 0 Å². The van der Waals surface area contributed by atoms with Crippen molar-refractivity contribution in [1.82, 2.24) is 10.3 Å². The molecule has 0 amide bonds. The zero-order valence-corrected chi connectivity index (χ0v) is 9.61. The smallest absolute Gasteiger partial charge is 0.216 e. The molecule has 2 heterocycles. The van der Waals surface area contributed by atoms with Crippen LogP contribution >= 0.6 is 0 Å². The maximum absolute atomic E-state index is 5.79. The van der Waals surface area contributed by atoms with Crippen LogP contribution in [0.5, 0.6) is 11.8 Å². The average Bonchev–Trinajstić information content (AvgIpc) is 2.31. The first-order chi connectivity index (χ1) is 7.88. The van der Waals surface area contributed by atoms with Crippen molar-refractivity contribution in [2.45, 2.75) is 25.9 Å². The molecule has 4 heteroatoms. The Morgan fingerprint density at radius 1 is 1.44 bits per heavy atom. The Labute approximate surface area is 96.0 Å². The number of piperidine rings is 1. The van der Waals surface area contributed by atoms with Crippen LogP contribution in [0.3, 0.4) is 0 Å². The molecule has 1 atom stereocenters. The van der Waals surface area contributed by atoms with Crippen LogP contribution in [0.15, 0.2) is 18.2 Å². The molecule has 1 aromatic rings. The summed E-state index contributed by atoms with van der Waals surface area (Å²) in [6, 6.07) is 5.62. The van der Waals surface area contributed by atoms with Crippen molar-refractivity contribution in [3.05, 3.63) is 18.2 Å². The minimum atomic E-state index is 0.234. The highest BCUT2D eigenvalue weighted by molar-refractivity contribution is 5.20. The van der Waals surface area contributed by atoms with E-state index in [1.54, 1.807) is 0 Å². The average molecular weight is 222 g/mol. The molecular formula is C12H18N2O2. The SMILES string of the molecule is CCOc1cccc(O[C@H]2CCCNC2)n1. The van der Waals surface area contributed by atoms with Crippen molar-refractivity contribution in [3.8, 4) is 11.8 Å². The zero-order valence-electron chi connectivity index (χ0n) is 9.61. The third kappa shape index (κ3) is 3.10. The molecule has 0 aliphatic carbocycles. The molecule has 1 aliphatic rings. The highest BCUT2D eigenvalue weighted by Gasteiger charge is 2.14. The normalized spacial score (nSPS) is 20.4. The molecule has 0 saturated carbocycles. The lowest BCUT2D eigenvalue weighted by Gasteiger charge is -2.23. The molecule has 0 unspecified atom stereocenters. The van der Waals surface area contributed by atoms with Crippen molar-refractivity contribution in [3.63, 3.8) is 0 Å². The van der Waals surface area contributed by atoms with Crippen LogP contribution in [0, 0.1) is 0 Å². The molecule has 1 fully saturated rings. The van der Waals surface area contributed by atoms with Gasteiger partial charge < -0.3 is 14.8 Å². The Morgan fingerprint density at radius 3 is 3.06 bits per heavy atom. The fourth-order valence-corrected chi connectivity index (χ4v) is 1.78. The molecule has 0 aromatic carbocycles. The van der Waals surface area contributed by atoms with Crippen molar-refractivity contribution in [2.24, 2.45) is 0 Å². The molecule has 1 aromatic heterocycles. The minimum absolute atomic E-state index is 0.234. The van der Waals surface area contributed by atoms with Crippen molar-refractivity contribution >= 4 is 0 Å². The highest BCUT2D eigenvalue weighted by Crippen LogP contribution is 2.16. The Balaban J connectivity index is 1.94. The lowest BCUT2D eigenvalue weighted by molar-refractivity contribution is 0.158. The maximum atomic E-state index is 5.79. The second-order valence-electron chi connectivity index (χ2n) is 3.83.